The number of piperidine rings is 1. The van der Waals surface area contributed by atoms with Crippen molar-refractivity contribution in [3.8, 4) is 0 Å². The Balaban J connectivity index is 1.54. The maximum atomic E-state index is 6.45. The van der Waals surface area contributed by atoms with Crippen molar-refractivity contribution in [2.24, 2.45) is 18.0 Å². The number of fused-ring (bicyclic) bond motifs is 4. The van der Waals surface area contributed by atoms with Gasteiger partial charge >= 0.3 is 0 Å². The molecular weight excluding hydrogens is 262 g/mol. The van der Waals surface area contributed by atoms with Gasteiger partial charge in [0, 0.05) is 43.2 Å². The first kappa shape index (κ1) is 11.8. The second-order valence-corrected chi connectivity index (χ2v) is 6.68. The van der Waals surface area contributed by atoms with E-state index in [1.165, 1.54) is 30.4 Å². The molecular formula is C17H19N3O. The van der Waals surface area contributed by atoms with Crippen molar-refractivity contribution in [2.45, 2.75) is 12.0 Å². The third-order valence-corrected chi connectivity index (χ3v) is 5.43. The van der Waals surface area contributed by atoms with Crippen LogP contribution in [0.5, 0.6) is 0 Å². The van der Waals surface area contributed by atoms with Gasteiger partial charge in [0.2, 0.25) is 5.90 Å². The molecule has 3 atom stereocenters. The molecule has 3 aliphatic heterocycles. The number of nitrogens with zero attached hydrogens (tertiary/aromatic N) is 3. The molecule has 4 nitrogen and oxygen atoms in total. The van der Waals surface area contributed by atoms with Crippen molar-refractivity contribution < 1.29 is 4.74 Å². The van der Waals surface area contributed by atoms with Gasteiger partial charge in [0.25, 0.3) is 0 Å². The van der Waals surface area contributed by atoms with Crippen LogP contribution in [-0.2, 0) is 11.8 Å². The Bertz CT molecular complexity index is 762. The van der Waals surface area contributed by atoms with Crippen molar-refractivity contribution in [3.05, 3.63) is 36.0 Å². The Morgan fingerprint density at radius 2 is 2.24 bits per heavy atom. The molecule has 0 saturated carbocycles. The lowest BCUT2D eigenvalue weighted by atomic mass is 9.88. The van der Waals surface area contributed by atoms with E-state index in [2.05, 4.69) is 47.0 Å². The third kappa shape index (κ3) is 1.51. The second-order valence-electron chi connectivity index (χ2n) is 6.68. The van der Waals surface area contributed by atoms with Gasteiger partial charge in [-0.1, -0.05) is 18.2 Å². The third-order valence-electron chi connectivity index (χ3n) is 5.43. The van der Waals surface area contributed by atoms with Crippen LogP contribution >= 0.6 is 0 Å². The highest BCUT2D eigenvalue weighted by Gasteiger charge is 2.54. The molecule has 1 unspecified atom stereocenters. The van der Waals surface area contributed by atoms with E-state index in [1.807, 2.05) is 0 Å². The summed E-state index contributed by atoms with van der Waals surface area (Å²) in [5.74, 6) is 1.51. The smallest absolute Gasteiger partial charge is 0.219 e. The summed E-state index contributed by atoms with van der Waals surface area (Å²) in [4.78, 5) is 7.30. The number of ether oxygens (including phenoxy) is 1. The fourth-order valence-electron chi connectivity index (χ4n) is 4.32. The number of rotatable bonds is 1. The van der Waals surface area contributed by atoms with Gasteiger partial charge in [-0.3, -0.25) is 4.90 Å². The molecule has 0 radical (unpaired) electrons. The quantitative estimate of drug-likeness (QED) is 0.800. The zero-order valence-corrected chi connectivity index (χ0v) is 12.2. The molecule has 5 rings (SSSR count). The molecule has 0 N–H and O–H groups in total. The summed E-state index contributed by atoms with van der Waals surface area (Å²) in [6.45, 7) is 4.31. The van der Waals surface area contributed by atoms with Crippen LogP contribution in [-0.4, -0.2) is 47.1 Å². The summed E-state index contributed by atoms with van der Waals surface area (Å²) >= 11 is 0. The van der Waals surface area contributed by atoms with Gasteiger partial charge in [0.1, 0.15) is 5.60 Å². The molecule has 21 heavy (non-hydrogen) atoms. The minimum absolute atomic E-state index is 0.0372. The maximum Gasteiger partial charge on any atom is 0.219 e. The first-order valence-electron chi connectivity index (χ1n) is 7.75. The summed E-state index contributed by atoms with van der Waals surface area (Å²) in [6.07, 6.45) is 3.41. The van der Waals surface area contributed by atoms with Crippen LogP contribution in [0.25, 0.3) is 10.9 Å². The van der Waals surface area contributed by atoms with Gasteiger partial charge in [-0.2, -0.15) is 0 Å². The average Bonchev–Trinajstić information content (AvgIpc) is 3.24. The number of aryl methyl sites for hydroxylation is 1. The molecule has 4 heterocycles. The summed E-state index contributed by atoms with van der Waals surface area (Å²) in [6, 6.07) is 8.47. The minimum Gasteiger partial charge on any atom is -0.467 e. The van der Waals surface area contributed by atoms with E-state index < -0.39 is 0 Å². The van der Waals surface area contributed by atoms with E-state index in [4.69, 9.17) is 9.73 Å². The topological polar surface area (TPSA) is 29.8 Å². The number of para-hydroxylation sites is 1. The fraction of sp³-hybridized carbons (Fsp3) is 0.471. The summed E-state index contributed by atoms with van der Waals surface area (Å²) in [7, 11) is 2.08. The Morgan fingerprint density at radius 3 is 3.05 bits per heavy atom. The van der Waals surface area contributed by atoms with Crippen LogP contribution in [0.15, 0.2) is 35.5 Å². The normalized spacial score (nSPS) is 33.9. The van der Waals surface area contributed by atoms with Gasteiger partial charge < -0.3 is 9.30 Å². The zero-order valence-electron chi connectivity index (χ0n) is 12.2. The van der Waals surface area contributed by atoms with E-state index in [0.29, 0.717) is 5.92 Å². The van der Waals surface area contributed by atoms with Crippen LogP contribution in [0.3, 0.4) is 0 Å². The van der Waals surface area contributed by atoms with Gasteiger partial charge in [-0.25, -0.2) is 4.99 Å². The number of benzene rings is 1. The van der Waals surface area contributed by atoms with Gasteiger partial charge in [-0.15, -0.1) is 0 Å². The summed E-state index contributed by atoms with van der Waals surface area (Å²) in [5, 5.41) is 1.24. The van der Waals surface area contributed by atoms with E-state index in [9.17, 15) is 0 Å². The highest BCUT2D eigenvalue weighted by atomic mass is 16.5. The molecule has 0 amide bonds. The highest BCUT2D eigenvalue weighted by Crippen LogP contribution is 2.42. The standard InChI is InChI=1S/C17H19N3O/c1-19-9-14(13-4-2-3-5-15(13)19)16-18-10-17(21-16)11-20-7-6-12(17)8-20/h2-5,9,12H,6-8,10-11H2,1H3/t12-,17+/m1/s1. The maximum absolute atomic E-state index is 6.45. The second kappa shape index (κ2) is 3.89. The van der Waals surface area contributed by atoms with E-state index in [-0.39, 0.29) is 5.60 Å². The lowest BCUT2D eigenvalue weighted by Gasteiger charge is -2.32. The van der Waals surface area contributed by atoms with Crippen LogP contribution < -0.4 is 0 Å². The SMILES string of the molecule is Cn1cc(C2=NC[C@@]3(CN4CC[C@@H]3C4)O2)c2ccccc21. The molecule has 1 aromatic carbocycles. The average molecular weight is 281 g/mol. The lowest BCUT2D eigenvalue weighted by Crippen LogP contribution is -2.45. The molecule has 2 saturated heterocycles. The number of aromatic nitrogens is 1. The zero-order chi connectivity index (χ0) is 14.0. The number of hydrogen-bond acceptors (Lipinski definition) is 3. The first-order valence-corrected chi connectivity index (χ1v) is 7.75. The molecule has 1 spiro atoms. The van der Waals surface area contributed by atoms with Gasteiger partial charge in [0.15, 0.2) is 0 Å². The van der Waals surface area contributed by atoms with Crippen LogP contribution in [0, 0.1) is 5.92 Å². The van der Waals surface area contributed by atoms with Crippen molar-refractivity contribution >= 4 is 16.8 Å². The predicted molar refractivity (Wildman–Crippen MR) is 82.7 cm³/mol. The molecule has 3 aliphatic rings. The van der Waals surface area contributed by atoms with Crippen molar-refractivity contribution in [2.75, 3.05) is 26.2 Å². The van der Waals surface area contributed by atoms with Crippen LogP contribution in [0.4, 0.5) is 0 Å². The molecule has 2 bridgehead atoms. The Kier molecular flexibility index (Phi) is 2.19. The van der Waals surface area contributed by atoms with Crippen molar-refractivity contribution in [3.63, 3.8) is 0 Å². The lowest BCUT2D eigenvalue weighted by molar-refractivity contribution is 0.0371. The molecule has 1 aromatic heterocycles. The Hall–Kier alpha value is -1.81. The van der Waals surface area contributed by atoms with Gasteiger partial charge in [0.05, 0.1) is 12.1 Å². The predicted octanol–water partition coefficient (Wildman–Crippen LogP) is 2.03. The molecule has 108 valence electrons. The monoisotopic (exact) mass is 281 g/mol. The molecule has 4 heteroatoms. The summed E-state index contributed by atoms with van der Waals surface area (Å²) in [5.41, 5.74) is 2.34. The highest BCUT2D eigenvalue weighted by molar-refractivity contribution is 6.07. The van der Waals surface area contributed by atoms with Gasteiger partial charge in [-0.05, 0) is 19.0 Å². The summed E-state index contributed by atoms with van der Waals surface area (Å²) < 4.78 is 8.60. The van der Waals surface area contributed by atoms with Crippen LogP contribution in [0.1, 0.15) is 12.0 Å². The molecule has 2 aromatic rings. The first-order chi connectivity index (χ1) is 10.3. The van der Waals surface area contributed by atoms with E-state index in [1.54, 1.807) is 0 Å². The van der Waals surface area contributed by atoms with E-state index >= 15 is 0 Å². The van der Waals surface area contributed by atoms with Crippen molar-refractivity contribution in [1.82, 2.24) is 9.47 Å². The molecule has 2 fully saturated rings. The van der Waals surface area contributed by atoms with Crippen LogP contribution in [0.2, 0.25) is 0 Å². The largest absolute Gasteiger partial charge is 0.467 e. The number of aliphatic imine (C=N–C) groups is 1. The minimum atomic E-state index is -0.0372. The van der Waals surface area contributed by atoms with E-state index in [0.717, 1.165) is 24.6 Å². The Morgan fingerprint density at radius 1 is 1.33 bits per heavy atom. The number of hydrogen-bond donors (Lipinski definition) is 0. The Labute approximate surface area is 124 Å². The molecule has 0 aliphatic carbocycles. The van der Waals surface area contributed by atoms with Crippen molar-refractivity contribution in [1.29, 1.82) is 0 Å². The fourth-order valence-corrected chi connectivity index (χ4v) is 4.32.